The molecule has 0 atom stereocenters. The average Bonchev–Trinajstić information content (AvgIpc) is 2.60. The van der Waals surface area contributed by atoms with Crippen LogP contribution in [-0.2, 0) is 0 Å². The zero-order chi connectivity index (χ0) is 16.4. The third-order valence-corrected chi connectivity index (χ3v) is 4.00. The molecule has 0 fully saturated rings. The van der Waals surface area contributed by atoms with Crippen LogP contribution in [-0.4, -0.2) is 26.3 Å². The van der Waals surface area contributed by atoms with E-state index in [0.29, 0.717) is 17.2 Å². The van der Waals surface area contributed by atoms with E-state index in [9.17, 15) is 0 Å². The molecule has 0 unspecified atom stereocenters. The van der Waals surface area contributed by atoms with Crippen LogP contribution in [0.15, 0.2) is 42.7 Å². The van der Waals surface area contributed by atoms with Crippen LogP contribution in [0.5, 0.6) is 17.2 Å². The molecule has 1 heterocycles. The van der Waals surface area contributed by atoms with E-state index < -0.39 is 0 Å². The van der Waals surface area contributed by atoms with Crippen molar-refractivity contribution in [2.24, 2.45) is 0 Å². The SMILES string of the molecule is COc1ccc(-c2c(C)ccc3cnccc23)c(OC)c1OC. The van der Waals surface area contributed by atoms with Gasteiger partial charge in [-0.15, -0.1) is 0 Å². The lowest BCUT2D eigenvalue weighted by Gasteiger charge is -2.18. The van der Waals surface area contributed by atoms with Gasteiger partial charge in [-0.25, -0.2) is 0 Å². The second kappa shape index (κ2) is 6.16. The number of pyridine rings is 1. The fourth-order valence-corrected chi connectivity index (χ4v) is 2.93. The zero-order valence-electron chi connectivity index (χ0n) is 13.7. The molecule has 0 amide bonds. The summed E-state index contributed by atoms with van der Waals surface area (Å²) in [5.74, 6) is 1.91. The summed E-state index contributed by atoms with van der Waals surface area (Å²) in [7, 11) is 4.87. The summed E-state index contributed by atoms with van der Waals surface area (Å²) < 4.78 is 16.5. The molecule has 0 aliphatic carbocycles. The first-order chi connectivity index (χ1) is 11.2. The van der Waals surface area contributed by atoms with Gasteiger partial charge in [-0.1, -0.05) is 12.1 Å². The number of benzene rings is 2. The molecule has 23 heavy (non-hydrogen) atoms. The van der Waals surface area contributed by atoms with Gasteiger partial charge < -0.3 is 14.2 Å². The topological polar surface area (TPSA) is 40.6 Å². The highest BCUT2D eigenvalue weighted by Crippen LogP contribution is 2.46. The molecule has 1 aromatic heterocycles. The fourth-order valence-electron chi connectivity index (χ4n) is 2.93. The van der Waals surface area contributed by atoms with Crippen molar-refractivity contribution in [1.29, 1.82) is 0 Å². The third kappa shape index (κ3) is 2.46. The number of fused-ring (bicyclic) bond motifs is 1. The predicted octanol–water partition coefficient (Wildman–Crippen LogP) is 4.24. The summed E-state index contributed by atoms with van der Waals surface area (Å²) in [5.41, 5.74) is 3.25. The summed E-state index contributed by atoms with van der Waals surface area (Å²) in [6, 6.07) is 10.1. The Morgan fingerprint density at radius 2 is 1.61 bits per heavy atom. The zero-order valence-corrected chi connectivity index (χ0v) is 13.7. The Morgan fingerprint density at radius 1 is 0.826 bits per heavy atom. The van der Waals surface area contributed by atoms with Crippen LogP contribution in [0, 0.1) is 6.92 Å². The van der Waals surface area contributed by atoms with Gasteiger partial charge >= 0.3 is 0 Å². The lowest BCUT2D eigenvalue weighted by Crippen LogP contribution is -1.98. The van der Waals surface area contributed by atoms with Crippen molar-refractivity contribution in [2.45, 2.75) is 6.92 Å². The molecule has 0 bridgehead atoms. The molecule has 0 saturated heterocycles. The Balaban J connectivity index is 2.37. The van der Waals surface area contributed by atoms with Gasteiger partial charge in [0.25, 0.3) is 0 Å². The second-order valence-corrected chi connectivity index (χ2v) is 5.24. The number of hydrogen-bond acceptors (Lipinski definition) is 4. The van der Waals surface area contributed by atoms with Crippen molar-refractivity contribution < 1.29 is 14.2 Å². The first-order valence-electron chi connectivity index (χ1n) is 7.34. The second-order valence-electron chi connectivity index (χ2n) is 5.24. The molecule has 118 valence electrons. The molecule has 3 aromatic rings. The van der Waals surface area contributed by atoms with Crippen LogP contribution in [0.2, 0.25) is 0 Å². The van der Waals surface area contributed by atoms with Crippen LogP contribution >= 0.6 is 0 Å². The quantitative estimate of drug-likeness (QED) is 0.723. The fraction of sp³-hybridized carbons (Fsp3) is 0.211. The molecular formula is C19H19NO3. The van der Waals surface area contributed by atoms with E-state index in [1.807, 2.05) is 24.4 Å². The Morgan fingerprint density at radius 3 is 2.30 bits per heavy atom. The van der Waals surface area contributed by atoms with Gasteiger partial charge in [0.15, 0.2) is 11.5 Å². The minimum absolute atomic E-state index is 0.595. The van der Waals surface area contributed by atoms with E-state index in [1.54, 1.807) is 27.5 Å². The number of aryl methyl sites for hydroxylation is 1. The predicted molar refractivity (Wildman–Crippen MR) is 91.6 cm³/mol. The summed E-state index contributed by atoms with van der Waals surface area (Å²) >= 11 is 0. The Kier molecular flexibility index (Phi) is 4.06. The lowest BCUT2D eigenvalue weighted by molar-refractivity contribution is 0.325. The van der Waals surface area contributed by atoms with Crippen LogP contribution in [0.4, 0.5) is 0 Å². The molecular weight excluding hydrogens is 290 g/mol. The van der Waals surface area contributed by atoms with E-state index in [4.69, 9.17) is 14.2 Å². The molecule has 4 nitrogen and oxygen atoms in total. The molecule has 0 radical (unpaired) electrons. The van der Waals surface area contributed by atoms with Crippen LogP contribution in [0.25, 0.3) is 21.9 Å². The Bertz CT molecular complexity index is 859. The van der Waals surface area contributed by atoms with Crippen LogP contribution < -0.4 is 14.2 Å². The van der Waals surface area contributed by atoms with Gasteiger partial charge in [0, 0.05) is 23.3 Å². The molecule has 3 rings (SSSR count). The van der Waals surface area contributed by atoms with Crippen molar-refractivity contribution in [2.75, 3.05) is 21.3 Å². The van der Waals surface area contributed by atoms with Crippen molar-refractivity contribution in [1.82, 2.24) is 4.98 Å². The number of aromatic nitrogens is 1. The number of rotatable bonds is 4. The molecule has 0 aliphatic rings. The largest absolute Gasteiger partial charge is 0.493 e. The highest BCUT2D eigenvalue weighted by Gasteiger charge is 2.19. The summed E-state index contributed by atoms with van der Waals surface area (Å²) in [4.78, 5) is 4.21. The lowest BCUT2D eigenvalue weighted by atomic mass is 9.94. The number of hydrogen-bond donors (Lipinski definition) is 0. The van der Waals surface area contributed by atoms with E-state index in [0.717, 1.165) is 27.5 Å². The number of methoxy groups -OCH3 is 3. The van der Waals surface area contributed by atoms with Gasteiger partial charge in [0.1, 0.15) is 0 Å². The maximum Gasteiger partial charge on any atom is 0.203 e. The smallest absolute Gasteiger partial charge is 0.203 e. The summed E-state index contributed by atoms with van der Waals surface area (Å²) in [6.07, 6.45) is 3.67. The first-order valence-corrected chi connectivity index (χ1v) is 7.34. The van der Waals surface area contributed by atoms with Gasteiger partial charge in [0.05, 0.1) is 21.3 Å². The van der Waals surface area contributed by atoms with Crippen LogP contribution in [0.1, 0.15) is 5.56 Å². The Labute approximate surface area is 135 Å². The maximum atomic E-state index is 5.65. The highest BCUT2D eigenvalue weighted by molar-refractivity contribution is 5.99. The van der Waals surface area contributed by atoms with Crippen molar-refractivity contribution in [3.63, 3.8) is 0 Å². The Hall–Kier alpha value is -2.75. The average molecular weight is 309 g/mol. The van der Waals surface area contributed by atoms with Crippen molar-refractivity contribution in [3.8, 4) is 28.4 Å². The minimum atomic E-state index is 0.595. The maximum absolute atomic E-state index is 5.65. The van der Waals surface area contributed by atoms with E-state index in [1.165, 1.54) is 0 Å². The van der Waals surface area contributed by atoms with Gasteiger partial charge in [-0.3, -0.25) is 4.98 Å². The van der Waals surface area contributed by atoms with E-state index >= 15 is 0 Å². The molecule has 0 saturated carbocycles. The van der Waals surface area contributed by atoms with Crippen molar-refractivity contribution >= 4 is 10.8 Å². The molecule has 0 spiro atoms. The van der Waals surface area contributed by atoms with Crippen molar-refractivity contribution in [3.05, 3.63) is 48.3 Å². The monoisotopic (exact) mass is 309 g/mol. The molecule has 2 aromatic carbocycles. The van der Waals surface area contributed by atoms with E-state index in [2.05, 4.69) is 24.0 Å². The van der Waals surface area contributed by atoms with Gasteiger partial charge in [0.2, 0.25) is 5.75 Å². The van der Waals surface area contributed by atoms with E-state index in [-0.39, 0.29) is 0 Å². The summed E-state index contributed by atoms with van der Waals surface area (Å²) in [5, 5.41) is 2.22. The van der Waals surface area contributed by atoms with Gasteiger partial charge in [-0.05, 0) is 41.6 Å². The molecule has 0 aliphatic heterocycles. The molecule has 0 N–H and O–H groups in total. The minimum Gasteiger partial charge on any atom is -0.493 e. The standard InChI is InChI=1S/C19H19NO3/c1-12-5-6-13-11-20-10-9-14(13)17(12)15-7-8-16(21-2)19(23-4)18(15)22-3/h5-11H,1-4H3. The number of nitrogens with zero attached hydrogens (tertiary/aromatic N) is 1. The first kappa shape index (κ1) is 15.2. The normalized spacial score (nSPS) is 10.6. The molecule has 4 heteroatoms. The third-order valence-electron chi connectivity index (χ3n) is 4.00. The van der Waals surface area contributed by atoms with Gasteiger partial charge in [-0.2, -0.15) is 0 Å². The number of ether oxygens (including phenoxy) is 3. The van der Waals surface area contributed by atoms with Crippen LogP contribution in [0.3, 0.4) is 0 Å². The highest BCUT2D eigenvalue weighted by atomic mass is 16.5. The summed E-state index contributed by atoms with van der Waals surface area (Å²) in [6.45, 7) is 2.09.